The van der Waals surface area contributed by atoms with Crippen molar-refractivity contribution < 1.29 is 0 Å². The number of para-hydroxylation sites is 1. The van der Waals surface area contributed by atoms with Gasteiger partial charge < -0.3 is 9.88 Å². The van der Waals surface area contributed by atoms with Crippen molar-refractivity contribution in [3.63, 3.8) is 0 Å². The smallest absolute Gasteiger partial charge is 0.0486 e. The van der Waals surface area contributed by atoms with Crippen molar-refractivity contribution in [3.8, 4) is 0 Å². The number of aromatic nitrogens is 1. The van der Waals surface area contributed by atoms with E-state index in [1.807, 2.05) is 0 Å². The fraction of sp³-hybridized carbons (Fsp3) is 0.412. The van der Waals surface area contributed by atoms with Gasteiger partial charge in [0.15, 0.2) is 0 Å². The topological polar surface area (TPSA) is 17.0 Å². The summed E-state index contributed by atoms with van der Waals surface area (Å²) >= 11 is 0. The molecule has 0 spiro atoms. The van der Waals surface area contributed by atoms with Crippen LogP contribution in [-0.2, 0) is 13.1 Å². The summed E-state index contributed by atoms with van der Waals surface area (Å²) in [7, 11) is 0. The van der Waals surface area contributed by atoms with Crippen molar-refractivity contribution in [2.24, 2.45) is 0 Å². The summed E-state index contributed by atoms with van der Waals surface area (Å²) in [6.07, 6.45) is 4.48. The van der Waals surface area contributed by atoms with E-state index in [0.29, 0.717) is 0 Å². The molecule has 2 rings (SSSR count). The molecule has 2 heteroatoms. The average Bonchev–Trinajstić information content (AvgIpc) is 2.78. The highest BCUT2D eigenvalue weighted by atomic mass is 15.0. The van der Waals surface area contributed by atoms with E-state index in [2.05, 4.69) is 60.8 Å². The molecule has 1 aromatic carbocycles. The maximum absolute atomic E-state index is 4.12. The third-order valence-electron chi connectivity index (χ3n) is 3.51. The molecule has 0 fully saturated rings. The van der Waals surface area contributed by atoms with E-state index in [9.17, 15) is 0 Å². The molecule has 2 nitrogen and oxygen atoms in total. The molecule has 2 aromatic rings. The molecule has 0 aliphatic rings. The van der Waals surface area contributed by atoms with Crippen molar-refractivity contribution in [2.75, 3.05) is 6.54 Å². The molecule has 0 saturated carbocycles. The number of benzene rings is 1. The monoisotopic (exact) mass is 256 g/mol. The highest BCUT2D eigenvalue weighted by Gasteiger charge is 2.07. The van der Waals surface area contributed by atoms with Gasteiger partial charge in [-0.2, -0.15) is 0 Å². The lowest BCUT2D eigenvalue weighted by Gasteiger charge is -2.06. The first-order chi connectivity index (χ1) is 9.26. The number of hydrogen-bond acceptors (Lipinski definition) is 1. The van der Waals surface area contributed by atoms with E-state index in [4.69, 9.17) is 0 Å². The maximum atomic E-state index is 4.12. The summed E-state index contributed by atoms with van der Waals surface area (Å²) in [5, 5.41) is 4.84. The molecule has 0 amide bonds. The van der Waals surface area contributed by atoms with Crippen LogP contribution in [0.5, 0.6) is 0 Å². The number of nitrogens with one attached hydrogen (secondary N) is 1. The van der Waals surface area contributed by atoms with E-state index in [0.717, 1.165) is 26.1 Å². The zero-order chi connectivity index (χ0) is 13.7. The molecule has 0 aliphatic heterocycles. The maximum Gasteiger partial charge on any atom is 0.0486 e. The van der Waals surface area contributed by atoms with Crippen LogP contribution in [0.15, 0.2) is 42.6 Å². The third-order valence-corrected chi connectivity index (χ3v) is 3.51. The van der Waals surface area contributed by atoms with Gasteiger partial charge in [-0.05, 0) is 31.0 Å². The van der Waals surface area contributed by atoms with Crippen LogP contribution in [0.3, 0.4) is 0 Å². The predicted molar refractivity (Wildman–Crippen MR) is 83.4 cm³/mol. The first-order valence-electron chi connectivity index (χ1n) is 7.20. The fourth-order valence-electron chi connectivity index (χ4n) is 2.35. The Kier molecular flexibility index (Phi) is 4.80. The van der Waals surface area contributed by atoms with Gasteiger partial charge in [0.25, 0.3) is 0 Å². The fourth-order valence-corrected chi connectivity index (χ4v) is 2.35. The highest BCUT2D eigenvalue weighted by molar-refractivity contribution is 5.84. The first kappa shape index (κ1) is 13.9. The summed E-state index contributed by atoms with van der Waals surface area (Å²) in [5.74, 6) is 0. The Morgan fingerprint density at radius 2 is 2.05 bits per heavy atom. The number of nitrogens with zero attached hydrogens (tertiary/aromatic N) is 1. The van der Waals surface area contributed by atoms with Crippen molar-refractivity contribution in [3.05, 3.63) is 48.2 Å². The van der Waals surface area contributed by atoms with Crippen LogP contribution in [0, 0.1) is 0 Å². The minimum Gasteiger partial charge on any atom is -0.343 e. The second kappa shape index (κ2) is 6.58. The zero-order valence-electron chi connectivity index (χ0n) is 12.1. The van der Waals surface area contributed by atoms with Crippen LogP contribution in [-0.4, -0.2) is 11.1 Å². The van der Waals surface area contributed by atoms with Crippen LogP contribution in [0.4, 0.5) is 0 Å². The highest BCUT2D eigenvalue weighted by Crippen LogP contribution is 2.22. The molecular formula is C17H24N2. The molecule has 0 atom stereocenters. The zero-order valence-corrected chi connectivity index (χ0v) is 12.1. The van der Waals surface area contributed by atoms with Gasteiger partial charge in [0.2, 0.25) is 0 Å². The molecule has 0 radical (unpaired) electrons. The van der Waals surface area contributed by atoms with Crippen LogP contribution < -0.4 is 5.32 Å². The average molecular weight is 256 g/mol. The van der Waals surface area contributed by atoms with Crippen molar-refractivity contribution in [1.82, 2.24) is 9.88 Å². The van der Waals surface area contributed by atoms with Gasteiger partial charge in [-0.3, -0.25) is 0 Å². The second-order valence-electron chi connectivity index (χ2n) is 5.08. The van der Waals surface area contributed by atoms with Crippen LogP contribution >= 0.6 is 0 Å². The summed E-state index contributed by atoms with van der Waals surface area (Å²) in [5.41, 5.74) is 3.96. The molecule has 1 heterocycles. The number of allylic oxidation sites excluding steroid dienone is 1. The van der Waals surface area contributed by atoms with E-state index in [1.165, 1.54) is 28.5 Å². The van der Waals surface area contributed by atoms with Crippen molar-refractivity contribution in [2.45, 2.75) is 39.8 Å². The van der Waals surface area contributed by atoms with Gasteiger partial charge in [0, 0.05) is 30.2 Å². The summed E-state index contributed by atoms with van der Waals surface area (Å²) in [4.78, 5) is 0. The molecule has 1 aromatic heterocycles. The SMILES string of the molecule is C=C(CC)Cn1cc(CNCCC)c2ccccc21. The second-order valence-corrected chi connectivity index (χ2v) is 5.08. The Morgan fingerprint density at radius 3 is 2.79 bits per heavy atom. The Hall–Kier alpha value is -1.54. The first-order valence-corrected chi connectivity index (χ1v) is 7.20. The molecule has 0 unspecified atom stereocenters. The Bertz CT molecular complexity index is 551. The Morgan fingerprint density at radius 1 is 1.26 bits per heavy atom. The quantitative estimate of drug-likeness (QED) is 0.583. The molecule has 1 N–H and O–H groups in total. The molecule has 0 saturated heterocycles. The number of rotatable bonds is 7. The molecule has 0 bridgehead atoms. The number of hydrogen-bond donors (Lipinski definition) is 1. The van der Waals surface area contributed by atoms with Crippen LogP contribution in [0.25, 0.3) is 10.9 Å². The van der Waals surface area contributed by atoms with Gasteiger partial charge >= 0.3 is 0 Å². The Labute approximate surface area is 116 Å². The minimum atomic E-state index is 0.921. The molecular weight excluding hydrogens is 232 g/mol. The lowest BCUT2D eigenvalue weighted by Crippen LogP contribution is -2.13. The lowest BCUT2D eigenvalue weighted by atomic mass is 10.2. The van der Waals surface area contributed by atoms with E-state index in [1.54, 1.807) is 0 Å². The van der Waals surface area contributed by atoms with E-state index in [-0.39, 0.29) is 0 Å². The van der Waals surface area contributed by atoms with Crippen LogP contribution in [0.2, 0.25) is 0 Å². The van der Waals surface area contributed by atoms with Gasteiger partial charge in [-0.15, -0.1) is 0 Å². The molecule has 19 heavy (non-hydrogen) atoms. The van der Waals surface area contributed by atoms with Gasteiger partial charge in [-0.1, -0.05) is 44.2 Å². The van der Waals surface area contributed by atoms with Crippen LogP contribution in [0.1, 0.15) is 32.3 Å². The summed E-state index contributed by atoms with van der Waals surface area (Å²) in [6.45, 7) is 11.4. The summed E-state index contributed by atoms with van der Waals surface area (Å²) in [6, 6.07) is 8.63. The van der Waals surface area contributed by atoms with Crippen molar-refractivity contribution >= 4 is 10.9 Å². The van der Waals surface area contributed by atoms with Gasteiger partial charge in [-0.25, -0.2) is 0 Å². The van der Waals surface area contributed by atoms with Gasteiger partial charge in [0.05, 0.1) is 0 Å². The number of fused-ring (bicyclic) bond motifs is 1. The van der Waals surface area contributed by atoms with E-state index < -0.39 is 0 Å². The molecule has 0 aliphatic carbocycles. The standard InChI is InChI=1S/C17H24N2/c1-4-10-18-11-15-13-19(12-14(3)5-2)17-9-7-6-8-16(15)17/h6-9,13,18H,3-5,10-12H2,1-2H3. The Balaban J connectivity index is 2.28. The van der Waals surface area contributed by atoms with Crippen molar-refractivity contribution in [1.29, 1.82) is 0 Å². The third kappa shape index (κ3) is 3.27. The lowest BCUT2D eigenvalue weighted by molar-refractivity contribution is 0.674. The molecule has 102 valence electrons. The van der Waals surface area contributed by atoms with Gasteiger partial charge in [0.1, 0.15) is 0 Å². The van der Waals surface area contributed by atoms with E-state index >= 15 is 0 Å². The summed E-state index contributed by atoms with van der Waals surface area (Å²) < 4.78 is 2.32. The predicted octanol–water partition coefficient (Wildman–Crippen LogP) is 4.11. The minimum absolute atomic E-state index is 0.921. The normalized spacial score (nSPS) is 11.1. The largest absolute Gasteiger partial charge is 0.343 e.